The Hall–Kier alpha value is -0.950. The number of hydrogen-bond acceptors (Lipinski definition) is 4. The van der Waals surface area contributed by atoms with E-state index in [9.17, 15) is 9.59 Å². The van der Waals surface area contributed by atoms with Crippen molar-refractivity contribution < 1.29 is 9.59 Å². The van der Waals surface area contributed by atoms with Gasteiger partial charge in [0.15, 0.2) is 0 Å². The highest BCUT2D eigenvalue weighted by Crippen LogP contribution is 2.15. The lowest BCUT2D eigenvalue weighted by Crippen LogP contribution is -2.48. The molecule has 8 heteroatoms. The SMILES string of the molecule is CNCCNC(=O)C(CCSC)NC(=O)c1ccccc1Cl.Cl. The summed E-state index contributed by atoms with van der Waals surface area (Å²) < 4.78 is 0. The minimum atomic E-state index is -0.562. The summed E-state index contributed by atoms with van der Waals surface area (Å²) in [5, 5.41) is 8.90. The van der Waals surface area contributed by atoms with Gasteiger partial charge >= 0.3 is 0 Å². The van der Waals surface area contributed by atoms with Crippen LogP contribution in [0.4, 0.5) is 0 Å². The number of hydrogen-bond donors (Lipinski definition) is 3. The monoisotopic (exact) mass is 379 g/mol. The van der Waals surface area contributed by atoms with Crippen molar-refractivity contribution >= 4 is 47.6 Å². The number of carbonyl (C=O) groups is 2. The van der Waals surface area contributed by atoms with Crippen molar-refractivity contribution in [1.29, 1.82) is 0 Å². The number of likely N-dealkylation sites (N-methyl/N-ethyl adjacent to an activating group) is 1. The van der Waals surface area contributed by atoms with E-state index in [0.717, 1.165) is 5.75 Å². The summed E-state index contributed by atoms with van der Waals surface area (Å²) in [6.45, 7) is 1.20. The number of nitrogens with one attached hydrogen (secondary N) is 3. The Kier molecular flexibility index (Phi) is 12.0. The second-order valence-electron chi connectivity index (χ2n) is 4.68. The Morgan fingerprint density at radius 1 is 1.26 bits per heavy atom. The maximum Gasteiger partial charge on any atom is 0.253 e. The van der Waals surface area contributed by atoms with Crippen LogP contribution < -0.4 is 16.0 Å². The minimum Gasteiger partial charge on any atom is -0.353 e. The molecule has 0 saturated heterocycles. The van der Waals surface area contributed by atoms with Crippen LogP contribution >= 0.6 is 35.8 Å². The molecule has 130 valence electrons. The van der Waals surface area contributed by atoms with E-state index in [1.165, 1.54) is 0 Å². The first-order chi connectivity index (χ1) is 10.6. The Morgan fingerprint density at radius 2 is 1.96 bits per heavy atom. The van der Waals surface area contributed by atoms with Crippen molar-refractivity contribution in [2.45, 2.75) is 12.5 Å². The zero-order chi connectivity index (χ0) is 16.4. The van der Waals surface area contributed by atoms with Gasteiger partial charge < -0.3 is 16.0 Å². The molecule has 5 nitrogen and oxygen atoms in total. The molecule has 0 spiro atoms. The molecule has 1 unspecified atom stereocenters. The number of benzene rings is 1. The van der Waals surface area contributed by atoms with Crippen LogP contribution in [-0.4, -0.2) is 50.0 Å². The molecule has 1 rings (SSSR count). The molecule has 0 aromatic heterocycles. The maximum absolute atomic E-state index is 12.3. The fraction of sp³-hybridized carbons (Fsp3) is 0.467. The van der Waals surface area contributed by atoms with Crippen LogP contribution in [0.25, 0.3) is 0 Å². The summed E-state index contributed by atoms with van der Waals surface area (Å²) in [6.07, 6.45) is 2.54. The zero-order valence-corrected chi connectivity index (χ0v) is 15.6. The van der Waals surface area contributed by atoms with Crippen LogP contribution in [0.1, 0.15) is 16.8 Å². The summed E-state index contributed by atoms with van der Waals surface area (Å²) in [6, 6.07) is 6.23. The van der Waals surface area contributed by atoms with Crippen molar-refractivity contribution in [1.82, 2.24) is 16.0 Å². The molecule has 0 aliphatic heterocycles. The third-order valence-electron chi connectivity index (χ3n) is 3.03. The van der Waals surface area contributed by atoms with Crippen LogP contribution in [0.2, 0.25) is 5.02 Å². The summed E-state index contributed by atoms with van der Waals surface area (Å²) >= 11 is 7.65. The lowest BCUT2D eigenvalue weighted by atomic mass is 10.1. The number of halogens is 2. The normalized spacial score (nSPS) is 11.3. The number of carbonyl (C=O) groups excluding carboxylic acids is 2. The van der Waals surface area contributed by atoms with Crippen LogP contribution in [0.3, 0.4) is 0 Å². The molecule has 0 radical (unpaired) electrons. The lowest BCUT2D eigenvalue weighted by Gasteiger charge is -2.18. The van der Waals surface area contributed by atoms with E-state index in [2.05, 4.69) is 16.0 Å². The molecule has 1 aromatic rings. The molecular formula is C15H23Cl2N3O2S. The summed E-state index contributed by atoms with van der Waals surface area (Å²) in [7, 11) is 1.82. The highest BCUT2D eigenvalue weighted by molar-refractivity contribution is 7.98. The number of rotatable bonds is 9. The molecule has 23 heavy (non-hydrogen) atoms. The van der Waals surface area contributed by atoms with E-state index in [4.69, 9.17) is 11.6 Å². The Bertz CT molecular complexity index is 503. The largest absolute Gasteiger partial charge is 0.353 e. The molecule has 3 N–H and O–H groups in total. The van der Waals surface area contributed by atoms with E-state index in [1.807, 2.05) is 13.3 Å². The van der Waals surface area contributed by atoms with E-state index in [-0.39, 0.29) is 24.2 Å². The molecule has 2 amide bonds. The summed E-state index contributed by atoms with van der Waals surface area (Å²) in [4.78, 5) is 24.5. The van der Waals surface area contributed by atoms with Gasteiger partial charge in [0, 0.05) is 13.1 Å². The third kappa shape index (κ3) is 7.92. The lowest BCUT2D eigenvalue weighted by molar-refractivity contribution is -0.122. The molecule has 1 aromatic carbocycles. The molecule has 0 bridgehead atoms. The quantitative estimate of drug-likeness (QED) is 0.573. The van der Waals surface area contributed by atoms with Gasteiger partial charge in [0.25, 0.3) is 5.91 Å². The average Bonchev–Trinajstić information content (AvgIpc) is 2.51. The van der Waals surface area contributed by atoms with Crippen LogP contribution in [0, 0.1) is 0 Å². The fourth-order valence-electron chi connectivity index (χ4n) is 1.82. The van der Waals surface area contributed by atoms with Crippen LogP contribution in [-0.2, 0) is 4.79 Å². The van der Waals surface area contributed by atoms with Crippen molar-refractivity contribution in [2.75, 3.05) is 32.1 Å². The second-order valence-corrected chi connectivity index (χ2v) is 6.07. The first-order valence-electron chi connectivity index (χ1n) is 7.06. The van der Waals surface area contributed by atoms with Gasteiger partial charge in [0.1, 0.15) is 6.04 Å². The number of amides is 2. The molecule has 0 fully saturated rings. The zero-order valence-electron chi connectivity index (χ0n) is 13.2. The molecule has 1 atom stereocenters. The number of thioether (sulfide) groups is 1. The van der Waals surface area contributed by atoms with Gasteiger partial charge in [0.2, 0.25) is 5.91 Å². The Balaban J connectivity index is 0.00000484. The van der Waals surface area contributed by atoms with Gasteiger partial charge in [-0.25, -0.2) is 0 Å². The van der Waals surface area contributed by atoms with Gasteiger partial charge in [0.05, 0.1) is 10.6 Å². The fourth-order valence-corrected chi connectivity index (χ4v) is 2.51. The van der Waals surface area contributed by atoms with Gasteiger partial charge in [-0.1, -0.05) is 23.7 Å². The molecule has 0 aliphatic carbocycles. The van der Waals surface area contributed by atoms with E-state index in [0.29, 0.717) is 30.1 Å². The molecule has 0 saturated carbocycles. The van der Waals surface area contributed by atoms with Gasteiger partial charge in [-0.15, -0.1) is 12.4 Å². The van der Waals surface area contributed by atoms with Gasteiger partial charge in [-0.3, -0.25) is 9.59 Å². The molecule has 0 aliphatic rings. The molecule has 0 heterocycles. The summed E-state index contributed by atoms with van der Waals surface area (Å²) in [5.41, 5.74) is 0.376. The molecular weight excluding hydrogens is 357 g/mol. The van der Waals surface area contributed by atoms with Crippen LogP contribution in [0.15, 0.2) is 24.3 Å². The predicted octanol–water partition coefficient (Wildman–Crippen LogP) is 1.95. The minimum absolute atomic E-state index is 0. The van der Waals surface area contributed by atoms with Gasteiger partial charge in [-0.05, 0) is 37.6 Å². The first kappa shape index (κ1) is 22.1. The first-order valence-corrected chi connectivity index (χ1v) is 8.84. The average molecular weight is 380 g/mol. The summed E-state index contributed by atoms with van der Waals surface area (Å²) in [5.74, 6) is 0.276. The highest BCUT2D eigenvalue weighted by Gasteiger charge is 2.21. The van der Waals surface area contributed by atoms with Crippen molar-refractivity contribution in [2.24, 2.45) is 0 Å². The standard InChI is InChI=1S/C15H22ClN3O2S.ClH/c1-17-8-9-18-15(21)13(7-10-22-2)19-14(20)11-5-3-4-6-12(11)16;/h3-6,13,17H,7-10H2,1-2H3,(H,18,21)(H,19,20);1H. The van der Waals surface area contributed by atoms with E-state index in [1.54, 1.807) is 36.0 Å². The van der Waals surface area contributed by atoms with Crippen LogP contribution in [0.5, 0.6) is 0 Å². The van der Waals surface area contributed by atoms with Gasteiger partial charge in [-0.2, -0.15) is 11.8 Å². The Morgan fingerprint density at radius 3 is 2.57 bits per heavy atom. The second kappa shape index (κ2) is 12.5. The topological polar surface area (TPSA) is 70.2 Å². The smallest absolute Gasteiger partial charge is 0.253 e. The predicted molar refractivity (Wildman–Crippen MR) is 99.9 cm³/mol. The third-order valence-corrected chi connectivity index (χ3v) is 4.00. The van der Waals surface area contributed by atoms with Crippen molar-refractivity contribution in [3.05, 3.63) is 34.9 Å². The van der Waals surface area contributed by atoms with E-state index >= 15 is 0 Å². The van der Waals surface area contributed by atoms with E-state index < -0.39 is 6.04 Å². The highest BCUT2D eigenvalue weighted by atomic mass is 35.5. The maximum atomic E-state index is 12.3. The Labute approximate surface area is 152 Å². The van der Waals surface area contributed by atoms with Crippen molar-refractivity contribution in [3.63, 3.8) is 0 Å². The van der Waals surface area contributed by atoms with Crippen molar-refractivity contribution in [3.8, 4) is 0 Å².